The second-order valence-electron chi connectivity index (χ2n) is 7.84. The highest BCUT2D eigenvalue weighted by Gasteiger charge is 2.12. The van der Waals surface area contributed by atoms with E-state index in [1.807, 2.05) is 55.8 Å². The number of nitrogen functional groups attached to an aromatic ring is 1. The molecule has 0 saturated carbocycles. The van der Waals surface area contributed by atoms with E-state index < -0.39 is 0 Å². The number of carbonyl (C=O) groups excluding carboxylic acids is 1. The van der Waals surface area contributed by atoms with Crippen LogP contribution in [0.5, 0.6) is 17.2 Å². The summed E-state index contributed by atoms with van der Waals surface area (Å²) in [7, 11) is 1.94. The third-order valence-corrected chi connectivity index (χ3v) is 5.48. The predicted octanol–water partition coefficient (Wildman–Crippen LogP) is 6.16. The molecule has 0 amide bonds. The number of esters is 1. The standard InChI is InChI=1S/C26H27N3O4.2ClH/c1-5-31-26(30)18-6-8-19(9-7-18)32-15-24-28-22-11-10-20(14-23(22)29(24)4)33-21-12-16(2)25(27)17(3)13-21;;/h6-14H,5,15,27H2,1-4H3;2*1H. The minimum absolute atomic E-state index is 0. The van der Waals surface area contributed by atoms with Gasteiger partial charge in [0.1, 0.15) is 29.7 Å². The minimum Gasteiger partial charge on any atom is -0.486 e. The second-order valence-corrected chi connectivity index (χ2v) is 7.84. The van der Waals surface area contributed by atoms with E-state index in [-0.39, 0.29) is 37.4 Å². The summed E-state index contributed by atoms with van der Waals surface area (Å²) in [6, 6.07) is 16.5. The lowest BCUT2D eigenvalue weighted by atomic mass is 10.1. The molecule has 4 aromatic rings. The Morgan fingerprint density at radius 1 is 0.943 bits per heavy atom. The van der Waals surface area contributed by atoms with Crippen molar-refractivity contribution >= 4 is 47.5 Å². The van der Waals surface area contributed by atoms with E-state index in [9.17, 15) is 4.79 Å². The predicted molar refractivity (Wildman–Crippen MR) is 142 cm³/mol. The summed E-state index contributed by atoms with van der Waals surface area (Å²) in [6.07, 6.45) is 0. The quantitative estimate of drug-likeness (QED) is 0.233. The molecule has 3 aromatic carbocycles. The van der Waals surface area contributed by atoms with Crippen molar-refractivity contribution in [2.45, 2.75) is 27.4 Å². The average Bonchev–Trinajstić information content (AvgIpc) is 3.11. The first-order valence-electron chi connectivity index (χ1n) is 10.8. The zero-order valence-electron chi connectivity index (χ0n) is 20.0. The van der Waals surface area contributed by atoms with Crippen molar-refractivity contribution in [3.63, 3.8) is 0 Å². The Bertz CT molecular complexity index is 1300. The van der Waals surface area contributed by atoms with Gasteiger partial charge in [0, 0.05) is 18.8 Å². The third-order valence-electron chi connectivity index (χ3n) is 5.48. The van der Waals surface area contributed by atoms with E-state index in [1.165, 1.54) is 0 Å². The zero-order chi connectivity index (χ0) is 23.5. The van der Waals surface area contributed by atoms with Gasteiger partial charge in [-0.25, -0.2) is 9.78 Å². The lowest BCUT2D eigenvalue weighted by Gasteiger charge is -2.11. The first-order chi connectivity index (χ1) is 15.9. The Kier molecular flexibility index (Phi) is 9.40. The first-order valence-corrected chi connectivity index (χ1v) is 10.8. The number of aromatic nitrogens is 2. The molecule has 7 nitrogen and oxygen atoms in total. The highest BCUT2D eigenvalue weighted by Crippen LogP contribution is 2.30. The number of carbonyl (C=O) groups is 1. The van der Waals surface area contributed by atoms with Crippen LogP contribution in [-0.4, -0.2) is 22.1 Å². The Morgan fingerprint density at radius 2 is 1.57 bits per heavy atom. The van der Waals surface area contributed by atoms with E-state index in [2.05, 4.69) is 4.98 Å². The largest absolute Gasteiger partial charge is 0.486 e. The molecule has 0 bridgehead atoms. The number of nitrogens with two attached hydrogens (primary N) is 1. The normalized spacial score (nSPS) is 10.3. The van der Waals surface area contributed by atoms with Crippen molar-refractivity contribution in [1.29, 1.82) is 0 Å². The van der Waals surface area contributed by atoms with Crippen LogP contribution in [0.15, 0.2) is 54.6 Å². The van der Waals surface area contributed by atoms with Crippen molar-refractivity contribution in [1.82, 2.24) is 9.55 Å². The summed E-state index contributed by atoms with van der Waals surface area (Å²) in [5.74, 6) is 2.54. The lowest BCUT2D eigenvalue weighted by Crippen LogP contribution is -2.05. The Morgan fingerprint density at radius 3 is 2.20 bits per heavy atom. The van der Waals surface area contributed by atoms with Crippen molar-refractivity contribution in [2.75, 3.05) is 12.3 Å². The van der Waals surface area contributed by atoms with Gasteiger partial charge in [0.15, 0.2) is 0 Å². The molecule has 0 unspecified atom stereocenters. The third kappa shape index (κ3) is 6.18. The van der Waals surface area contributed by atoms with E-state index >= 15 is 0 Å². The van der Waals surface area contributed by atoms with Gasteiger partial charge in [0.05, 0.1) is 23.2 Å². The van der Waals surface area contributed by atoms with Crippen LogP contribution < -0.4 is 15.2 Å². The van der Waals surface area contributed by atoms with E-state index in [0.29, 0.717) is 17.9 Å². The fourth-order valence-electron chi connectivity index (χ4n) is 3.59. The molecule has 2 N–H and O–H groups in total. The molecule has 1 aromatic heterocycles. The molecule has 1 heterocycles. The molecule has 0 aliphatic heterocycles. The molecule has 9 heteroatoms. The van der Waals surface area contributed by atoms with Gasteiger partial charge in [-0.2, -0.15) is 0 Å². The number of hydrogen-bond donors (Lipinski definition) is 1. The van der Waals surface area contributed by atoms with Gasteiger partial charge in [0.2, 0.25) is 0 Å². The van der Waals surface area contributed by atoms with Gasteiger partial charge in [-0.1, -0.05) is 0 Å². The smallest absolute Gasteiger partial charge is 0.338 e. The van der Waals surface area contributed by atoms with Gasteiger partial charge in [-0.3, -0.25) is 0 Å². The number of rotatable bonds is 7. The number of fused-ring (bicyclic) bond motifs is 1. The highest BCUT2D eigenvalue weighted by atomic mass is 35.5. The van der Waals surface area contributed by atoms with Crippen LogP contribution in [-0.2, 0) is 18.4 Å². The van der Waals surface area contributed by atoms with Crippen molar-refractivity contribution < 1.29 is 19.0 Å². The number of halogens is 2. The van der Waals surface area contributed by atoms with Crippen molar-refractivity contribution in [2.24, 2.45) is 7.05 Å². The van der Waals surface area contributed by atoms with Crippen LogP contribution >= 0.6 is 24.8 Å². The number of anilines is 1. The van der Waals surface area contributed by atoms with Crippen LogP contribution in [0.3, 0.4) is 0 Å². The molecule has 0 radical (unpaired) electrons. The zero-order valence-corrected chi connectivity index (χ0v) is 21.7. The molecule has 0 spiro atoms. The molecule has 35 heavy (non-hydrogen) atoms. The van der Waals surface area contributed by atoms with Crippen LogP contribution in [0.2, 0.25) is 0 Å². The molecular weight excluding hydrogens is 489 g/mol. The van der Waals surface area contributed by atoms with Crippen LogP contribution in [0.4, 0.5) is 5.69 Å². The average molecular weight is 518 g/mol. The molecule has 0 aliphatic carbocycles. The number of hydrogen-bond acceptors (Lipinski definition) is 6. The fourth-order valence-corrected chi connectivity index (χ4v) is 3.59. The molecule has 0 saturated heterocycles. The maximum atomic E-state index is 11.8. The topological polar surface area (TPSA) is 88.6 Å². The van der Waals surface area contributed by atoms with Gasteiger partial charge in [-0.15, -0.1) is 24.8 Å². The van der Waals surface area contributed by atoms with E-state index in [0.717, 1.165) is 45.2 Å². The number of ether oxygens (including phenoxy) is 3. The molecule has 0 atom stereocenters. The second kappa shape index (κ2) is 11.8. The maximum Gasteiger partial charge on any atom is 0.338 e. The number of benzene rings is 3. The van der Waals surface area contributed by atoms with Crippen LogP contribution in [0.25, 0.3) is 11.0 Å². The lowest BCUT2D eigenvalue weighted by molar-refractivity contribution is 0.0526. The van der Waals surface area contributed by atoms with E-state index in [4.69, 9.17) is 19.9 Å². The van der Waals surface area contributed by atoms with Crippen molar-refractivity contribution in [3.8, 4) is 17.2 Å². The summed E-state index contributed by atoms with van der Waals surface area (Å²) < 4.78 is 18.9. The Balaban J connectivity index is 0.00000216. The fraction of sp³-hybridized carbons (Fsp3) is 0.231. The summed E-state index contributed by atoms with van der Waals surface area (Å²) in [5, 5.41) is 0. The minimum atomic E-state index is -0.346. The maximum absolute atomic E-state index is 11.8. The van der Waals surface area contributed by atoms with Crippen LogP contribution in [0.1, 0.15) is 34.2 Å². The molecule has 0 fully saturated rings. The SMILES string of the molecule is CCOC(=O)c1ccc(OCc2nc3ccc(Oc4cc(C)c(N)c(C)c4)cc3n2C)cc1.Cl.Cl. The van der Waals surface area contributed by atoms with Gasteiger partial charge in [0.25, 0.3) is 0 Å². The Labute approximate surface area is 217 Å². The summed E-state index contributed by atoms with van der Waals surface area (Å²) in [6.45, 7) is 6.35. The Hall–Kier alpha value is -3.42. The van der Waals surface area contributed by atoms with Gasteiger partial charge >= 0.3 is 5.97 Å². The summed E-state index contributed by atoms with van der Waals surface area (Å²) in [5.41, 5.74) is 11.1. The number of nitrogens with zero attached hydrogens (tertiary/aromatic N) is 2. The van der Waals surface area contributed by atoms with Crippen LogP contribution in [0, 0.1) is 13.8 Å². The summed E-state index contributed by atoms with van der Waals surface area (Å²) in [4.78, 5) is 16.5. The summed E-state index contributed by atoms with van der Waals surface area (Å²) >= 11 is 0. The molecular formula is C26H29Cl2N3O4. The van der Waals surface area contributed by atoms with E-state index in [1.54, 1.807) is 31.2 Å². The number of aryl methyl sites for hydroxylation is 3. The highest BCUT2D eigenvalue weighted by molar-refractivity contribution is 5.89. The molecule has 0 aliphatic rings. The molecule has 4 rings (SSSR count). The number of imidazole rings is 1. The van der Waals surface area contributed by atoms with Gasteiger partial charge < -0.3 is 24.5 Å². The monoisotopic (exact) mass is 517 g/mol. The first kappa shape index (κ1) is 27.8. The van der Waals surface area contributed by atoms with Gasteiger partial charge in [-0.05, 0) is 80.4 Å². The molecule has 186 valence electrons. The van der Waals surface area contributed by atoms with Crippen molar-refractivity contribution in [3.05, 3.63) is 77.1 Å².